The number of aliphatic hydroxyl groups excluding tert-OH is 1. The maximum absolute atomic E-state index is 9.06. The Bertz CT molecular complexity index is 499. The molecule has 0 saturated carbocycles. The molecule has 1 N–H and O–H groups in total. The van der Waals surface area contributed by atoms with E-state index in [1.807, 2.05) is 36.4 Å². The summed E-state index contributed by atoms with van der Waals surface area (Å²) in [5.74, 6) is 0. The number of hydrogen-bond acceptors (Lipinski definition) is 2. The Morgan fingerprint density at radius 3 is 2.56 bits per heavy atom. The summed E-state index contributed by atoms with van der Waals surface area (Å²) in [6.45, 7) is 0.188. The quantitative estimate of drug-likeness (QED) is 0.848. The zero-order valence-electron chi connectivity index (χ0n) is 8.98. The molecule has 0 bridgehead atoms. The highest BCUT2D eigenvalue weighted by Gasteiger charge is 2.13. The normalized spacial score (nSPS) is 10.2. The molecule has 0 aromatic rings. The number of fused-ring (bicyclic) bond motifs is 1. The molecule has 0 unspecified atom stereocenters. The lowest BCUT2D eigenvalue weighted by molar-refractivity contribution is 0.288. The Labute approximate surface area is 95.1 Å². The molecule has 2 nitrogen and oxygen atoms in total. The fraction of sp³-hybridized carbons (Fsp3) is 0.214. The predicted molar refractivity (Wildman–Crippen MR) is 63.2 cm³/mol. The van der Waals surface area contributed by atoms with Crippen LogP contribution in [0.3, 0.4) is 0 Å². The second-order valence-electron chi connectivity index (χ2n) is 3.76. The minimum atomic E-state index is 0.188. The molecule has 0 aliphatic heterocycles. The Morgan fingerprint density at radius 1 is 1.12 bits per heavy atom. The summed E-state index contributed by atoms with van der Waals surface area (Å²) in [7, 11) is 0. The van der Waals surface area contributed by atoms with Crippen molar-refractivity contribution in [1.82, 2.24) is 0 Å². The predicted octanol–water partition coefficient (Wildman–Crippen LogP) is 2.59. The van der Waals surface area contributed by atoms with Crippen LogP contribution in [0.4, 0.5) is 0 Å². The Hall–Kier alpha value is -1.85. The molecule has 0 aromatic heterocycles. The van der Waals surface area contributed by atoms with Crippen molar-refractivity contribution in [2.45, 2.75) is 12.8 Å². The van der Waals surface area contributed by atoms with Gasteiger partial charge in [0.2, 0.25) is 0 Å². The highest BCUT2D eigenvalue weighted by molar-refractivity contribution is 5.77. The van der Waals surface area contributed by atoms with E-state index in [4.69, 9.17) is 10.4 Å². The van der Waals surface area contributed by atoms with Gasteiger partial charge in [0.15, 0.2) is 0 Å². The second kappa shape index (κ2) is 4.78. The Balaban J connectivity index is 2.49. The van der Waals surface area contributed by atoms with E-state index in [9.17, 15) is 0 Å². The number of nitriles is 1. The SMILES string of the molecule is N#Cc1cc(CCCO)c2cccccc1-2. The van der Waals surface area contributed by atoms with E-state index in [0.29, 0.717) is 0 Å². The van der Waals surface area contributed by atoms with E-state index in [1.54, 1.807) is 0 Å². The minimum Gasteiger partial charge on any atom is -0.396 e. The zero-order chi connectivity index (χ0) is 11.4. The van der Waals surface area contributed by atoms with Crippen LogP contribution in [0.2, 0.25) is 0 Å². The molecular weight excluding hydrogens is 198 g/mol. The topological polar surface area (TPSA) is 44.0 Å². The van der Waals surface area contributed by atoms with E-state index in [0.717, 1.165) is 35.1 Å². The van der Waals surface area contributed by atoms with Crippen LogP contribution >= 0.6 is 0 Å². The van der Waals surface area contributed by atoms with Gasteiger partial charge in [-0.1, -0.05) is 30.3 Å². The lowest BCUT2D eigenvalue weighted by atomic mass is 10.1. The fourth-order valence-electron chi connectivity index (χ4n) is 1.96. The molecule has 0 saturated heterocycles. The van der Waals surface area contributed by atoms with Gasteiger partial charge in [-0.05, 0) is 35.6 Å². The lowest BCUT2D eigenvalue weighted by Gasteiger charge is -1.99. The molecule has 2 aliphatic rings. The average Bonchev–Trinajstić information content (AvgIpc) is 2.50. The molecule has 0 fully saturated rings. The van der Waals surface area contributed by atoms with Crippen molar-refractivity contribution in [3.8, 4) is 17.2 Å². The summed E-state index contributed by atoms with van der Waals surface area (Å²) in [5, 5.41) is 17.9. The molecule has 2 rings (SSSR count). The number of rotatable bonds is 3. The van der Waals surface area contributed by atoms with Gasteiger partial charge in [0.25, 0.3) is 0 Å². The van der Waals surface area contributed by atoms with E-state index < -0.39 is 0 Å². The van der Waals surface area contributed by atoms with Gasteiger partial charge in [0, 0.05) is 6.61 Å². The third-order valence-corrected chi connectivity index (χ3v) is 2.72. The molecule has 0 spiro atoms. The number of hydrogen-bond donors (Lipinski definition) is 1. The van der Waals surface area contributed by atoms with Crippen LogP contribution in [-0.2, 0) is 6.42 Å². The van der Waals surface area contributed by atoms with Gasteiger partial charge in [0.1, 0.15) is 0 Å². The van der Waals surface area contributed by atoms with Gasteiger partial charge < -0.3 is 5.11 Å². The monoisotopic (exact) mass is 211 g/mol. The van der Waals surface area contributed by atoms with E-state index in [2.05, 4.69) is 6.07 Å². The van der Waals surface area contributed by atoms with Crippen LogP contribution in [0.1, 0.15) is 17.5 Å². The smallest absolute Gasteiger partial charge is 0.0998 e. The third-order valence-electron chi connectivity index (χ3n) is 2.72. The third kappa shape index (κ3) is 1.91. The molecule has 16 heavy (non-hydrogen) atoms. The van der Waals surface area contributed by atoms with Gasteiger partial charge in [0.05, 0.1) is 11.6 Å². The van der Waals surface area contributed by atoms with Crippen molar-refractivity contribution < 1.29 is 5.11 Å². The molecule has 2 heteroatoms. The first-order valence-corrected chi connectivity index (χ1v) is 5.38. The van der Waals surface area contributed by atoms with Gasteiger partial charge in [-0.2, -0.15) is 5.26 Å². The first-order valence-electron chi connectivity index (χ1n) is 5.38. The standard InChI is InChI=1S/C14H13NO/c15-10-12-9-11(5-4-8-16)13-6-2-1-3-7-14(12)13/h1-3,6-7,9,16H,4-5,8H2. The van der Waals surface area contributed by atoms with Gasteiger partial charge in [-0.15, -0.1) is 0 Å². The minimum absolute atomic E-state index is 0.188. The maximum Gasteiger partial charge on any atom is 0.0998 e. The largest absolute Gasteiger partial charge is 0.396 e. The lowest BCUT2D eigenvalue weighted by Crippen LogP contribution is -1.88. The molecule has 2 aliphatic carbocycles. The van der Waals surface area contributed by atoms with Crippen LogP contribution in [0.15, 0.2) is 36.4 Å². The number of aliphatic hydroxyl groups is 1. The summed E-state index contributed by atoms with van der Waals surface area (Å²) in [6, 6.07) is 14.0. The summed E-state index contributed by atoms with van der Waals surface area (Å²) >= 11 is 0. The van der Waals surface area contributed by atoms with Crippen LogP contribution < -0.4 is 0 Å². The van der Waals surface area contributed by atoms with Gasteiger partial charge in [-0.25, -0.2) is 0 Å². The van der Waals surface area contributed by atoms with Crippen LogP contribution in [0.25, 0.3) is 11.1 Å². The molecule has 0 atom stereocenters. The van der Waals surface area contributed by atoms with Crippen molar-refractivity contribution in [2.75, 3.05) is 6.61 Å². The van der Waals surface area contributed by atoms with Gasteiger partial charge >= 0.3 is 0 Å². The van der Waals surface area contributed by atoms with Crippen LogP contribution in [-0.4, -0.2) is 11.7 Å². The summed E-state index contributed by atoms with van der Waals surface area (Å²) in [5.41, 5.74) is 3.99. The molecule has 0 heterocycles. The van der Waals surface area contributed by atoms with Crippen LogP contribution in [0.5, 0.6) is 0 Å². The summed E-state index contributed by atoms with van der Waals surface area (Å²) < 4.78 is 0. The first kappa shape index (κ1) is 10.7. The second-order valence-corrected chi connectivity index (χ2v) is 3.76. The van der Waals surface area contributed by atoms with E-state index >= 15 is 0 Å². The highest BCUT2D eigenvalue weighted by atomic mass is 16.2. The van der Waals surface area contributed by atoms with E-state index in [1.165, 1.54) is 0 Å². The fourth-order valence-corrected chi connectivity index (χ4v) is 1.96. The van der Waals surface area contributed by atoms with E-state index in [-0.39, 0.29) is 6.61 Å². The van der Waals surface area contributed by atoms with Crippen molar-refractivity contribution >= 4 is 0 Å². The van der Waals surface area contributed by atoms with Crippen molar-refractivity contribution in [3.05, 3.63) is 47.5 Å². The van der Waals surface area contributed by atoms with Crippen LogP contribution in [0, 0.1) is 11.3 Å². The first-order chi connectivity index (χ1) is 7.86. The number of nitrogens with zero attached hydrogens (tertiary/aromatic N) is 1. The molecular formula is C14H13NO. The highest BCUT2D eigenvalue weighted by Crippen LogP contribution is 2.31. The van der Waals surface area contributed by atoms with Crippen molar-refractivity contribution in [1.29, 1.82) is 5.26 Å². The number of aryl methyl sites for hydroxylation is 1. The molecule has 80 valence electrons. The van der Waals surface area contributed by atoms with Crippen molar-refractivity contribution in [3.63, 3.8) is 0 Å². The van der Waals surface area contributed by atoms with Gasteiger partial charge in [-0.3, -0.25) is 0 Å². The average molecular weight is 211 g/mol. The summed E-state index contributed by atoms with van der Waals surface area (Å²) in [6.07, 6.45) is 1.56. The molecule has 0 aromatic carbocycles. The Kier molecular flexibility index (Phi) is 3.19. The molecule has 0 amide bonds. The zero-order valence-corrected chi connectivity index (χ0v) is 8.98. The maximum atomic E-state index is 9.06. The molecule has 0 radical (unpaired) electrons. The Morgan fingerprint density at radius 2 is 1.88 bits per heavy atom. The summed E-state index contributed by atoms with van der Waals surface area (Å²) in [4.78, 5) is 0. The van der Waals surface area contributed by atoms with Crippen molar-refractivity contribution in [2.24, 2.45) is 0 Å².